The summed E-state index contributed by atoms with van der Waals surface area (Å²) in [4.78, 5) is 8.67. The van der Waals surface area contributed by atoms with E-state index in [2.05, 4.69) is 69.6 Å². The van der Waals surface area contributed by atoms with Crippen LogP contribution in [0.5, 0.6) is 0 Å². The molecule has 0 spiro atoms. The molecule has 0 amide bonds. The summed E-state index contributed by atoms with van der Waals surface area (Å²) in [6.07, 6.45) is 9.39. The lowest BCUT2D eigenvalue weighted by Crippen LogP contribution is -2.23. The van der Waals surface area contributed by atoms with Crippen LogP contribution >= 0.6 is 15.9 Å². The van der Waals surface area contributed by atoms with Gasteiger partial charge in [-0.1, -0.05) is 47.1 Å². The minimum atomic E-state index is 0.412. The fourth-order valence-corrected chi connectivity index (χ4v) is 5.10. The van der Waals surface area contributed by atoms with Crippen molar-refractivity contribution in [2.75, 3.05) is 6.54 Å². The van der Waals surface area contributed by atoms with E-state index in [4.69, 9.17) is 4.98 Å². The Kier molecular flexibility index (Phi) is 4.13. The molecule has 2 N–H and O–H groups in total. The van der Waals surface area contributed by atoms with Gasteiger partial charge in [-0.25, -0.2) is 4.98 Å². The molecule has 0 radical (unpaired) electrons. The summed E-state index contributed by atoms with van der Waals surface area (Å²) >= 11 is 3.54. The number of H-pyrrole nitrogens is 1. The molecule has 3 atom stereocenters. The molecule has 1 saturated heterocycles. The zero-order valence-electron chi connectivity index (χ0n) is 15.1. The molecule has 2 aromatic rings. The van der Waals surface area contributed by atoms with E-state index in [1.165, 1.54) is 47.4 Å². The summed E-state index contributed by atoms with van der Waals surface area (Å²) in [7, 11) is 0. The Balaban J connectivity index is 1.51. The molecule has 2 aliphatic carbocycles. The zero-order chi connectivity index (χ0) is 17.7. The summed E-state index contributed by atoms with van der Waals surface area (Å²) in [6.45, 7) is 3.49. The highest BCUT2D eigenvalue weighted by Crippen LogP contribution is 2.46. The van der Waals surface area contributed by atoms with E-state index in [0.29, 0.717) is 17.9 Å². The summed E-state index contributed by atoms with van der Waals surface area (Å²) in [5.74, 6) is 2.23. The molecular formula is C22H24BrN3. The number of fused-ring (bicyclic) bond motifs is 3. The second kappa shape index (κ2) is 6.50. The maximum Gasteiger partial charge on any atom is 0.124 e. The second-order valence-corrected chi connectivity index (χ2v) is 8.70. The first-order chi connectivity index (χ1) is 12.7. The number of imidazole rings is 1. The average Bonchev–Trinajstić information content (AvgIpc) is 3.32. The molecule has 134 valence electrons. The number of rotatable bonds is 2. The zero-order valence-corrected chi connectivity index (χ0v) is 16.6. The monoisotopic (exact) mass is 409 g/mol. The maximum atomic E-state index is 5.04. The van der Waals surface area contributed by atoms with Gasteiger partial charge in [-0.05, 0) is 72.9 Å². The van der Waals surface area contributed by atoms with Gasteiger partial charge in [0.25, 0.3) is 0 Å². The van der Waals surface area contributed by atoms with E-state index >= 15 is 0 Å². The van der Waals surface area contributed by atoms with Gasteiger partial charge in [0.05, 0.1) is 11.7 Å². The fourth-order valence-electron chi connectivity index (χ4n) is 4.83. The molecule has 2 heterocycles. The van der Waals surface area contributed by atoms with Crippen LogP contribution in [0.1, 0.15) is 55.0 Å². The molecule has 0 bridgehead atoms. The lowest BCUT2D eigenvalue weighted by Gasteiger charge is -2.34. The fraction of sp³-hybridized carbons (Fsp3) is 0.409. The first-order valence-electron chi connectivity index (χ1n) is 9.71. The Morgan fingerprint density at radius 2 is 1.88 bits per heavy atom. The minimum Gasteiger partial charge on any atom is -0.344 e. The number of hydrogen-bond acceptors (Lipinski definition) is 2. The quantitative estimate of drug-likeness (QED) is 0.708. The van der Waals surface area contributed by atoms with Crippen molar-refractivity contribution < 1.29 is 0 Å². The minimum absolute atomic E-state index is 0.412. The van der Waals surface area contributed by atoms with Gasteiger partial charge in [-0.3, -0.25) is 0 Å². The van der Waals surface area contributed by atoms with Crippen LogP contribution in [0.3, 0.4) is 0 Å². The van der Waals surface area contributed by atoms with Crippen LogP contribution in [-0.4, -0.2) is 16.5 Å². The molecule has 1 fully saturated rings. The van der Waals surface area contributed by atoms with Gasteiger partial charge >= 0.3 is 0 Å². The molecule has 1 aromatic carbocycles. The van der Waals surface area contributed by atoms with Crippen molar-refractivity contribution in [1.29, 1.82) is 0 Å². The van der Waals surface area contributed by atoms with Crippen LogP contribution in [0.25, 0.3) is 11.1 Å². The van der Waals surface area contributed by atoms with Crippen LogP contribution < -0.4 is 5.32 Å². The highest BCUT2D eigenvalue weighted by atomic mass is 79.9. The molecule has 4 heteroatoms. The van der Waals surface area contributed by atoms with Crippen molar-refractivity contribution in [3.8, 4) is 0 Å². The Morgan fingerprint density at radius 3 is 2.65 bits per heavy atom. The van der Waals surface area contributed by atoms with E-state index in [9.17, 15) is 0 Å². The third-order valence-electron chi connectivity index (χ3n) is 6.28. The van der Waals surface area contributed by atoms with Crippen molar-refractivity contribution in [3.63, 3.8) is 0 Å². The van der Waals surface area contributed by atoms with E-state index in [-0.39, 0.29) is 0 Å². The number of aryl methyl sites for hydroxylation is 1. The maximum absolute atomic E-state index is 5.04. The number of hydrogen-bond donors (Lipinski definition) is 2. The first kappa shape index (κ1) is 16.5. The number of aromatic nitrogens is 2. The van der Waals surface area contributed by atoms with E-state index in [0.717, 1.165) is 23.3 Å². The van der Waals surface area contributed by atoms with Gasteiger partial charge in [0.15, 0.2) is 0 Å². The number of benzene rings is 1. The Labute approximate surface area is 163 Å². The topological polar surface area (TPSA) is 40.7 Å². The molecule has 1 aromatic heterocycles. The van der Waals surface area contributed by atoms with Crippen molar-refractivity contribution in [3.05, 3.63) is 63.7 Å². The van der Waals surface area contributed by atoms with Crippen molar-refractivity contribution in [2.45, 2.75) is 38.6 Å². The number of allylic oxidation sites excluding steroid dienone is 4. The summed E-state index contributed by atoms with van der Waals surface area (Å²) in [6, 6.07) is 9.12. The van der Waals surface area contributed by atoms with Crippen LogP contribution in [0.2, 0.25) is 0 Å². The van der Waals surface area contributed by atoms with Gasteiger partial charge in [0, 0.05) is 10.2 Å². The molecule has 1 aliphatic heterocycles. The predicted molar refractivity (Wildman–Crippen MR) is 110 cm³/mol. The van der Waals surface area contributed by atoms with Crippen LogP contribution in [-0.2, 0) is 6.42 Å². The lowest BCUT2D eigenvalue weighted by atomic mass is 9.70. The van der Waals surface area contributed by atoms with Crippen LogP contribution in [0.4, 0.5) is 0 Å². The van der Waals surface area contributed by atoms with E-state index in [1.807, 2.05) is 0 Å². The Bertz CT molecular complexity index is 885. The molecule has 5 rings (SSSR count). The van der Waals surface area contributed by atoms with Crippen molar-refractivity contribution in [2.24, 2.45) is 11.8 Å². The largest absolute Gasteiger partial charge is 0.344 e. The predicted octanol–water partition coefficient (Wildman–Crippen LogP) is 5.28. The van der Waals surface area contributed by atoms with Gasteiger partial charge in [0.1, 0.15) is 5.82 Å². The van der Waals surface area contributed by atoms with Crippen molar-refractivity contribution in [1.82, 2.24) is 15.3 Å². The molecule has 0 saturated carbocycles. The van der Waals surface area contributed by atoms with Gasteiger partial charge in [-0.15, -0.1) is 0 Å². The molecule has 3 unspecified atom stereocenters. The average molecular weight is 410 g/mol. The summed E-state index contributed by atoms with van der Waals surface area (Å²) in [5.41, 5.74) is 6.77. The molecule has 3 nitrogen and oxygen atoms in total. The lowest BCUT2D eigenvalue weighted by molar-refractivity contribution is 0.483. The highest BCUT2D eigenvalue weighted by Gasteiger charge is 2.35. The smallest absolute Gasteiger partial charge is 0.124 e. The van der Waals surface area contributed by atoms with Crippen LogP contribution in [0.15, 0.2) is 40.9 Å². The van der Waals surface area contributed by atoms with Crippen molar-refractivity contribution >= 4 is 27.1 Å². The van der Waals surface area contributed by atoms with E-state index in [1.54, 1.807) is 0 Å². The summed E-state index contributed by atoms with van der Waals surface area (Å²) < 4.78 is 1.13. The van der Waals surface area contributed by atoms with E-state index < -0.39 is 0 Å². The Morgan fingerprint density at radius 1 is 1.08 bits per heavy atom. The number of halogens is 1. The standard InChI is InChI=1S/C22H24BrN3/c1-13-16(14-4-6-15(23)7-5-14)8-9-18-17(13)10-11-19-21(18)26-22(25-19)20-3-2-12-24-20/h4-9,13,17,20,24H,2-3,10-12H2,1H3,(H,25,26). The van der Waals surface area contributed by atoms with Gasteiger partial charge < -0.3 is 10.3 Å². The molecule has 3 aliphatic rings. The number of nitrogens with zero attached hydrogens (tertiary/aromatic N) is 1. The third-order valence-corrected chi connectivity index (χ3v) is 6.81. The van der Waals surface area contributed by atoms with Gasteiger partial charge in [0.2, 0.25) is 0 Å². The SMILES string of the molecule is CC1C(c2ccc(Br)cc2)=CC=C2c3nc(C4CCCN4)[nH]c3CCC21. The first-order valence-corrected chi connectivity index (χ1v) is 10.5. The molecule has 26 heavy (non-hydrogen) atoms. The number of nitrogens with one attached hydrogen (secondary N) is 2. The van der Waals surface area contributed by atoms with Crippen LogP contribution in [0, 0.1) is 11.8 Å². The Hall–Kier alpha value is -1.65. The second-order valence-electron chi connectivity index (χ2n) is 7.78. The molecular weight excluding hydrogens is 386 g/mol. The highest BCUT2D eigenvalue weighted by molar-refractivity contribution is 9.10. The van der Waals surface area contributed by atoms with Gasteiger partial charge in [-0.2, -0.15) is 0 Å². The third kappa shape index (κ3) is 2.71. The summed E-state index contributed by atoms with van der Waals surface area (Å²) in [5, 5.41) is 3.57. The number of aromatic amines is 1. The normalized spacial score (nSPS) is 27.5.